The van der Waals surface area contributed by atoms with Gasteiger partial charge in [-0.25, -0.2) is 0 Å². The second-order valence-electron chi connectivity index (χ2n) is 3.17. The van der Waals surface area contributed by atoms with Crippen LogP contribution in [0.3, 0.4) is 0 Å². The highest BCUT2D eigenvalue weighted by atomic mass is 127. The molecule has 0 bridgehead atoms. The summed E-state index contributed by atoms with van der Waals surface area (Å²) in [6.45, 7) is 2.11. The molecular weight excluding hydrogens is 291 g/mol. The first-order chi connectivity index (χ1) is 6.63. The van der Waals surface area contributed by atoms with Gasteiger partial charge in [0.15, 0.2) is 0 Å². The number of hydrogen-bond acceptors (Lipinski definition) is 1. The summed E-state index contributed by atoms with van der Waals surface area (Å²) in [5.41, 5.74) is 2.43. The lowest BCUT2D eigenvalue weighted by Gasteiger charge is -2.04. The Morgan fingerprint density at radius 2 is 2.21 bits per heavy atom. The van der Waals surface area contributed by atoms with E-state index < -0.39 is 5.97 Å². The Morgan fingerprint density at radius 3 is 2.71 bits per heavy atom. The van der Waals surface area contributed by atoms with Gasteiger partial charge in [0.05, 0.1) is 0 Å². The summed E-state index contributed by atoms with van der Waals surface area (Å²) < 4.78 is 1.17. The monoisotopic (exact) mass is 304 g/mol. The van der Waals surface area contributed by atoms with Gasteiger partial charge in [-0.3, -0.25) is 4.79 Å². The number of carboxylic acid groups (broad SMARTS) is 1. The van der Waals surface area contributed by atoms with E-state index in [-0.39, 0.29) is 6.42 Å². The standard InChI is InChI=1S/C11H13IO2/c1-2-8-3-4-9(10(12)7-8)5-6-11(13)14/h3-4,7H,2,5-6H2,1H3,(H,13,14). The molecule has 1 rings (SSSR count). The molecule has 1 N–H and O–H groups in total. The van der Waals surface area contributed by atoms with E-state index in [0.29, 0.717) is 6.42 Å². The number of carboxylic acids is 1. The van der Waals surface area contributed by atoms with E-state index in [4.69, 9.17) is 5.11 Å². The van der Waals surface area contributed by atoms with Crippen molar-refractivity contribution in [2.45, 2.75) is 26.2 Å². The second-order valence-corrected chi connectivity index (χ2v) is 4.34. The molecule has 1 aromatic carbocycles. The summed E-state index contributed by atoms with van der Waals surface area (Å²) in [5, 5.41) is 8.56. The highest BCUT2D eigenvalue weighted by molar-refractivity contribution is 14.1. The van der Waals surface area contributed by atoms with Gasteiger partial charge in [-0.2, -0.15) is 0 Å². The molecule has 0 radical (unpaired) electrons. The normalized spacial score (nSPS) is 10.1. The molecule has 0 atom stereocenters. The molecule has 0 aliphatic heterocycles. The minimum absolute atomic E-state index is 0.210. The smallest absolute Gasteiger partial charge is 0.303 e. The van der Waals surface area contributed by atoms with E-state index in [2.05, 4.69) is 41.6 Å². The molecule has 14 heavy (non-hydrogen) atoms. The third kappa shape index (κ3) is 3.29. The Morgan fingerprint density at radius 1 is 1.50 bits per heavy atom. The van der Waals surface area contributed by atoms with E-state index in [1.165, 1.54) is 9.13 Å². The topological polar surface area (TPSA) is 37.3 Å². The summed E-state index contributed by atoms with van der Waals surface area (Å²) >= 11 is 2.26. The van der Waals surface area contributed by atoms with Gasteiger partial charge in [0.2, 0.25) is 0 Å². The minimum atomic E-state index is -0.736. The van der Waals surface area contributed by atoms with Crippen molar-refractivity contribution in [1.29, 1.82) is 0 Å². The quantitative estimate of drug-likeness (QED) is 0.869. The fourth-order valence-corrected chi connectivity index (χ4v) is 2.10. The third-order valence-corrected chi connectivity index (χ3v) is 3.14. The summed E-state index contributed by atoms with van der Waals surface area (Å²) in [7, 11) is 0. The molecule has 0 aliphatic carbocycles. The Kier molecular flexibility index (Phi) is 4.38. The van der Waals surface area contributed by atoms with Crippen LogP contribution in [-0.4, -0.2) is 11.1 Å². The molecule has 2 nitrogen and oxygen atoms in total. The highest BCUT2D eigenvalue weighted by Gasteiger charge is 2.03. The van der Waals surface area contributed by atoms with Crippen LogP contribution in [-0.2, 0) is 17.6 Å². The van der Waals surface area contributed by atoms with Crippen LogP contribution in [0.15, 0.2) is 18.2 Å². The number of carbonyl (C=O) groups is 1. The SMILES string of the molecule is CCc1ccc(CCC(=O)O)c(I)c1. The molecule has 0 amide bonds. The molecule has 0 heterocycles. The predicted molar refractivity (Wildman–Crippen MR) is 64.5 cm³/mol. The number of aryl methyl sites for hydroxylation is 2. The second kappa shape index (κ2) is 5.34. The molecule has 0 aromatic heterocycles. The molecule has 76 valence electrons. The van der Waals surface area contributed by atoms with Gasteiger partial charge in [0.25, 0.3) is 0 Å². The number of benzene rings is 1. The lowest BCUT2D eigenvalue weighted by Crippen LogP contribution is -1.99. The van der Waals surface area contributed by atoms with E-state index in [1.54, 1.807) is 0 Å². The first-order valence-electron chi connectivity index (χ1n) is 4.62. The molecule has 0 spiro atoms. The zero-order chi connectivity index (χ0) is 10.6. The van der Waals surface area contributed by atoms with Crippen LogP contribution >= 0.6 is 22.6 Å². The van der Waals surface area contributed by atoms with Gasteiger partial charge in [-0.15, -0.1) is 0 Å². The highest BCUT2D eigenvalue weighted by Crippen LogP contribution is 2.16. The minimum Gasteiger partial charge on any atom is -0.481 e. The molecule has 0 aliphatic rings. The average Bonchev–Trinajstić information content (AvgIpc) is 2.15. The Labute approximate surface area is 97.5 Å². The zero-order valence-electron chi connectivity index (χ0n) is 8.09. The van der Waals surface area contributed by atoms with Crippen molar-refractivity contribution in [3.63, 3.8) is 0 Å². The van der Waals surface area contributed by atoms with Crippen LogP contribution in [0, 0.1) is 3.57 Å². The van der Waals surface area contributed by atoms with Gasteiger partial charge in [-0.1, -0.05) is 19.1 Å². The average molecular weight is 304 g/mol. The third-order valence-electron chi connectivity index (χ3n) is 2.13. The Balaban J connectivity index is 2.73. The van der Waals surface area contributed by atoms with Crippen LogP contribution in [0.1, 0.15) is 24.5 Å². The van der Waals surface area contributed by atoms with Crippen LogP contribution in [0.4, 0.5) is 0 Å². The van der Waals surface area contributed by atoms with E-state index >= 15 is 0 Å². The van der Waals surface area contributed by atoms with Gasteiger partial charge >= 0.3 is 5.97 Å². The maximum atomic E-state index is 10.4. The van der Waals surface area contributed by atoms with Crippen LogP contribution in [0.5, 0.6) is 0 Å². The van der Waals surface area contributed by atoms with Crippen molar-refractivity contribution in [2.75, 3.05) is 0 Å². The fourth-order valence-electron chi connectivity index (χ4n) is 1.26. The maximum Gasteiger partial charge on any atom is 0.303 e. The lowest BCUT2D eigenvalue weighted by molar-refractivity contribution is -0.136. The largest absolute Gasteiger partial charge is 0.481 e. The fraction of sp³-hybridized carbons (Fsp3) is 0.364. The Hall–Kier alpha value is -0.580. The molecular formula is C11H13IO2. The van der Waals surface area contributed by atoms with Gasteiger partial charge in [0, 0.05) is 9.99 Å². The summed E-state index contributed by atoms with van der Waals surface area (Å²) in [5.74, 6) is -0.736. The predicted octanol–water partition coefficient (Wildman–Crippen LogP) is 2.87. The van der Waals surface area contributed by atoms with E-state index in [0.717, 1.165) is 12.0 Å². The van der Waals surface area contributed by atoms with Crippen molar-refractivity contribution in [1.82, 2.24) is 0 Å². The van der Waals surface area contributed by atoms with Gasteiger partial charge in [0.1, 0.15) is 0 Å². The van der Waals surface area contributed by atoms with Gasteiger partial charge in [-0.05, 0) is 52.6 Å². The van der Waals surface area contributed by atoms with E-state index in [9.17, 15) is 4.79 Å². The number of rotatable bonds is 4. The molecule has 0 saturated carbocycles. The summed E-state index contributed by atoms with van der Waals surface area (Å²) in [6, 6.07) is 6.22. The maximum absolute atomic E-state index is 10.4. The van der Waals surface area contributed by atoms with Crippen molar-refractivity contribution >= 4 is 28.6 Å². The number of halogens is 1. The molecule has 0 fully saturated rings. The van der Waals surface area contributed by atoms with Crippen LogP contribution in [0.2, 0.25) is 0 Å². The summed E-state index contributed by atoms with van der Waals surface area (Å²) in [4.78, 5) is 10.4. The molecule has 0 unspecified atom stereocenters. The summed E-state index contributed by atoms with van der Waals surface area (Å²) in [6.07, 6.45) is 1.86. The van der Waals surface area contributed by atoms with Crippen LogP contribution < -0.4 is 0 Å². The van der Waals surface area contributed by atoms with Crippen molar-refractivity contribution < 1.29 is 9.90 Å². The first-order valence-corrected chi connectivity index (χ1v) is 5.70. The van der Waals surface area contributed by atoms with Crippen LogP contribution in [0.25, 0.3) is 0 Å². The van der Waals surface area contributed by atoms with Crippen molar-refractivity contribution in [2.24, 2.45) is 0 Å². The molecule has 0 saturated heterocycles. The van der Waals surface area contributed by atoms with E-state index in [1.807, 2.05) is 6.07 Å². The first kappa shape index (κ1) is 11.5. The lowest BCUT2D eigenvalue weighted by atomic mass is 10.1. The van der Waals surface area contributed by atoms with Gasteiger partial charge < -0.3 is 5.11 Å². The zero-order valence-corrected chi connectivity index (χ0v) is 10.2. The number of hydrogen-bond donors (Lipinski definition) is 1. The van der Waals surface area contributed by atoms with Crippen molar-refractivity contribution in [3.05, 3.63) is 32.9 Å². The van der Waals surface area contributed by atoms with Crippen molar-refractivity contribution in [3.8, 4) is 0 Å². The Bertz CT molecular complexity index is 334. The number of aliphatic carboxylic acids is 1. The molecule has 3 heteroatoms. The molecule has 1 aromatic rings.